The minimum Gasteiger partial charge on any atom is -0.508 e. The maximum Gasteiger partial charge on any atom is 0.234 e. The Morgan fingerprint density at radius 3 is 2.67 bits per heavy atom. The van der Waals surface area contributed by atoms with Crippen molar-refractivity contribution in [3.63, 3.8) is 0 Å². The van der Waals surface area contributed by atoms with E-state index >= 15 is 0 Å². The highest BCUT2D eigenvalue weighted by molar-refractivity contribution is 7.99. The number of halogens is 2. The summed E-state index contributed by atoms with van der Waals surface area (Å²) in [6.45, 7) is 0. The normalized spacial score (nSPS) is 10.4. The Bertz CT molecular complexity index is 649. The average Bonchev–Trinajstić information content (AvgIpc) is 2.43. The van der Waals surface area contributed by atoms with E-state index in [0.717, 1.165) is 5.56 Å². The first-order valence-electron chi connectivity index (χ1n) is 6.15. The quantitative estimate of drug-likeness (QED) is 0.837. The lowest BCUT2D eigenvalue weighted by atomic mass is 10.2. The second-order valence-corrected chi connectivity index (χ2v) is 6.14. The number of rotatable bonds is 5. The molecular weight excluding hydrogens is 329 g/mol. The maximum absolute atomic E-state index is 11.8. The van der Waals surface area contributed by atoms with Gasteiger partial charge in [-0.25, -0.2) is 0 Å². The molecule has 3 nitrogen and oxygen atoms in total. The molecule has 2 aromatic carbocycles. The maximum atomic E-state index is 11.8. The Balaban J connectivity index is 1.80. The molecule has 2 N–H and O–H groups in total. The van der Waals surface area contributed by atoms with Crippen molar-refractivity contribution in [1.82, 2.24) is 0 Å². The van der Waals surface area contributed by atoms with Crippen molar-refractivity contribution in [2.24, 2.45) is 0 Å². The highest BCUT2D eigenvalue weighted by Gasteiger charge is 2.05. The number of benzene rings is 2. The number of carbonyl (C=O) groups is 1. The molecule has 110 valence electrons. The molecule has 0 unspecified atom stereocenters. The molecule has 0 atom stereocenters. The van der Waals surface area contributed by atoms with E-state index < -0.39 is 0 Å². The molecule has 0 saturated carbocycles. The Kier molecular flexibility index (Phi) is 5.79. The van der Waals surface area contributed by atoms with Gasteiger partial charge in [0.1, 0.15) is 5.75 Å². The zero-order valence-corrected chi connectivity index (χ0v) is 13.3. The van der Waals surface area contributed by atoms with Crippen LogP contribution >= 0.6 is 35.0 Å². The van der Waals surface area contributed by atoms with Crippen LogP contribution in [0.3, 0.4) is 0 Å². The molecule has 0 heterocycles. The van der Waals surface area contributed by atoms with Gasteiger partial charge in [0, 0.05) is 17.5 Å². The number of anilines is 1. The van der Waals surface area contributed by atoms with E-state index in [1.54, 1.807) is 30.3 Å². The molecule has 21 heavy (non-hydrogen) atoms. The van der Waals surface area contributed by atoms with Gasteiger partial charge in [0.15, 0.2) is 0 Å². The van der Waals surface area contributed by atoms with Crippen molar-refractivity contribution in [2.45, 2.75) is 5.75 Å². The number of thioether (sulfide) groups is 1. The van der Waals surface area contributed by atoms with Gasteiger partial charge in [0.25, 0.3) is 0 Å². The highest BCUT2D eigenvalue weighted by Crippen LogP contribution is 2.24. The number of hydrogen-bond acceptors (Lipinski definition) is 3. The van der Waals surface area contributed by atoms with E-state index in [-0.39, 0.29) is 11.7 Å². The summed E-state index contributed by atoms with van der Waals surface area (Å²) < 4.78 is 0. The fourth-order valence-corrected chi connectivity index (χ4v) is 2.77. The van der Waals surface area contributed by atoms with Crippen LogP contribution in [0.4, 0.5) is 5.69 Å². The van der Waals surface area contributed by atoms with Crippen LogP contribution in [-0.4, -0.2) is 16.8 Å². The summed E-state index contributed by atoms with van der Waals surface area (Å²) in [5, 5.41) is 13.1. The molecule has 0 aliphatic heterocycles. The van der Waals surface area contributed by atoms with E-state index in [9.17, 15) is 9.90 Å². The van der Waals surface area contributed by atoms with Crippen LogP contribution in [0.5, 0.6) is 5.75 Å². The average molecular weight is 342 g/mol. The van der Waals surface area contributed by atoms with E-state index in [4.69, 9.17) is 23.2 Å². The molecule has 2 rings (SSSR count). The van der Waals surface area contributed by atoms with E-state index in [0.29, 0.717) is 27.2 Å². The molecule has 0 fully saturated rings. The summed E-state index contributed by atoms with van der Waals surface area (Å²) in [6, 6.07) is 11.9. The lowest BCUT2D eigenvalue weighted by Crippen LogP contribution is -2.14. The first-order chi connectivity index (χ1) is 10.0. The van der Waals surface area contributed by atoms with Crippen molar-refractivity contribution in [3.8, 4) is 5.75 Å². The van der Waals surface area contributed by atoms with Crippen LogP contribution in [0.1, 0.15) is 5.56 Å². The molecule has 0 spiro atoms. The van der Waals surface area contributed by atoms with E-state index in [1.807, 2.05) is 6.07 Å². The Morgan fingerprint density at radius 1 is 1.14 bits per heavy atom. The zero-order chi connectivity index (χ0) is 15.2. The number of amides is 1. The predicted octanol–water partition coefficient (Wildman–Crippen LogP) is 4.57. The second kappa shape index (κ2) is 7.59. The summed E-state index contributed by atoms with van der Waals surface area (Å²) in [7, 11) is 0. The van der Waals surface area contributed by atoms with Crippen molar-refractivity contribution in [3.05, 3.63) is 58.1 Å². The monoisotopic (exact) mass is 341 g/mol. The Labute approximate surface area is 137 Å². The van der Waals surface area contributed by atoms with Crippen LogP contribution in [0, 0.1) is 0 Å². The number of phenolic OH excluding ortho intramolecular Hbond substituents is 1. The molecule has 0 saturated heterocycles. The standard InChI is InChI=1S/C15H13Cl2NO2S/c16-13-5-4-10(6-14(13)17)8-21-9-15(20)18-11-2-1-3-12(19)7-11/h1-7,19H,8-9H2,(H,18,20). The first-order valence-corrected chi connectivity index (χ1v) is 8.06. The van der Waals surface area contributed by atoms with Gasteiger partial charge in [-0.3, -0.25) is 4.79 Å². The van der Waals surface area contributed by atoms with Crippen molar-refractivity contribution in [2.75, 3.05) is 11.1 Å². The van der Waals surface area contributed by atoms with Crippen molar-refractivity contribution < 1.29 is 9.90 Å². The molecule has 0 aliphatic carbocycles. The summed E-state index contributed by atoms with van der Waals surface area (Å²) in [5.74, 6) is 0.988. The van der Waals surface area contributed by atoms with Crippen LogP contribution in [-0.2, 0) is 10.5 Å². The lowest BCUT2D eigenvalue weighted by Gasteiger charge is -2.06. The van der Waals surface area contributed by atoms with Gasteiger partial charge in [0.2, 0.25) is 5.91 Å². The summed E-state index contributed by atoms with van der Waals surface area (Å²) in [6.07, 6.45) is 0. The van der Waals surface area contributed by atoms with Gasteiger partial charge in [-0.1, -0.05) is 35.3 Å². The third-order valence-corrected chi connectivity index (χ3v) is 4.36. The van der Waals surface area contributed by atoms with Gasteiger partial charge in [-0.05, 0) is 29.8 Å². The number of phenols is 1. The third kappa shape index (κ3) is 5.16. The van der Waals surface area contributed by atoms with Crippen molar-refractivity contribution in [1.29, 1.82) is 0 Å². The molecule has 2 aromatic rings. The topological polar surface area (TPSA) is 49.3 Å². The van der Waals surface area contributed by atoms with Crippen LogP contribution in [0.15, 0.2) is 42.5 Å². The number of aromatic hydroxyl groups is 1. The molecular formula is C15H13Cl2NO2S. The molecule has 0 radical (unpaired) electrons. The Morgan fingerprint density at radius 2 is 1.95 bits per heavy atom. The third-order valence-electron chi connectivity index (χ3n) is 2.62. The zero-order valence-electron chi connectivity index (χ0n) is 11.0. The largest absolute Gasteiger partial charge is 0.508 e. The molecule has 6 heteroatoms. The molecule has 0 aliphatic rings. The summed E-state index contributed by atoms with van der Waals surface area (Å²) >= 11 is 13.3. The highest BCUT2D eigenvalue weighted by atomic mass is 35.5. The summed E-state index contributed by atoms with van der Waals surface area (Å²) in [4.78, 5) is 11.8. The Hall–Kier alpha value is -1.36. The number of carbonyl (C=O) groups excluding carboxylic acids is 1. The fraction of sp³-hybridized carbons (Fsp3) is 0.133. The van der Waals surface area contributed by atoms with Crippen LogP contribution in [0.2, 0.25) is 10.0 Å². The number of nitrogens with one attached hydrogen (secondary N) is 1. The lowest BCUT2D eigenvalue weighted by molar-refractivity contribution is -0.113. The minimum atomic E-state index is -0.120. The van der Waals surface area contributed by atoms with Gasteiger partial charge in [-0.15, -0.1) is 11.8 Å². The van der Waals surface area contributed by atoms with E-state index in [2.05, 4.69) is 5.32 Å². The van der Waals surface area contributed by atoms with Crippen molar-refractivity contribution >= 4 is 46.6 Å². The van der Waals surface area contributed by atoms with Gasteiger partial charge < -0.3 is 10.4 Å². The van der Waals surface area contributed by atoms with E-state index in [1.165, 1.54) is 17.8 Å². The molecule has 0 bridgehead atoms. The predicted molar refractivity (Wildman–Crippen MR) is 89.4 cm³/mol. The molecule has 0 aromatic heterocycles. The van der Waals surface area contributed by atoms with Gasteiger partial charge in [-0.2, -0.15) is 0 Å². The first kappa shape index (κ1) is 16.0. The smallest absolute Gasteiger partial charge is 0.234 e. The second-order valence-electron chi connectivity index (χ2n) is 4.34. The summed E-state index contributed by atoms with van der Waals surface area (Å²) in [5.41, 5.74) is 1.59. The number of hydrogen-bond donors (Lipinski definition) is 2. The SMILES string of the molecule is O=C(CSCc1ccc(Cl)c(Cl)c1)Nc1cccc(O)c1. The van der Waals surface area contributed by atoms with Gasteiger partial charge >= 0.3 is 0 Å². The fourth-order valence-electron chi connectivity index (χ4n) is 1.67. The van der Waals surface area contributed by atoms with Crippen LogP contribution < -0.4 is 5.32 Å². The minimum absolute atomic E-state index is 0.120. The van der Waals surface area contributed by atoms with Crippen LogP contribution in [0.25, 0.3) is 0 Å². The molecule has 1 amide bonds. The van der Waals surface area contributed by atoms with Gasteiger partial charge in [0.05, 0.1) is 15.8 Å².